The standard InChI is InChI=1S/C20H18FN5O/c1-14-12-17(24-26(14)18-8-3-2-7-16(18)21)20(27)22-10-9-19-23-13-15-6-4-5-11-25(15)19/h2-8,11-13H,9-10H2,1H3,(H,22,27). The van der Waals surface area contributed by atoms with E-state index in [2.05, 4.69) is 15.4 Å². The van der Waals surface area contributed by atoms with Crippen LogP contribution in [0.25, 0.3) is 11.2 Å². The Bertz CT molecular complexity index is 1110. The Morgan fingerprint density at radius 2 is 2.00 bits per heavy atom. The number of imidazole rings is 1. The third-order valence-corrected chi connectivity index (χ3v) is 4.35. The van der Waals surface area contributed by atoms with Crippen molar-refractivity contribution in [2.45, 2.75) is 13.3 Å². The first-order valence-corrected chi connectivity index (χ1v) is 8.64. The summed E-state index contributed by atoms with van der Waals surface area (Å²) in [5.74, 6) is 0.190. The molecule has 0 atom stereocenters. The molecule has 4 aromatic rings. The number of pyridine rings is 1. The first-order valence-electron chi connectivity index (χ1n) is 8.64. The van der Waals surface area contributed by atoms with Crippen LogP contribution in [-0.2, 0) is 6.42 Å². The van der Waals surface area contributed by atoms with Crippen molar-refractivity contribution in [1.29, 1.82) is 0 Å². The molecule has 0 unspecified atom stereocenters. The molecule has 1 N–H and O–H groups in total. The summed E-state index contributed by atoms with van der Waals surface area (Å²) in [6, 6.07) is 13.9. The van der Waals surface area contributed by atoms with E-state index >= 15 is 0 Å². The van der Waals surface area contributed by atoms with Gasteiger partial charge in [0.25, 0.3) is 5.91 Å². The second-order valence-corrected chi connectivity index (χ2v) is 6.21. The Balaban J connectivity index is 1.45. The van der Waals surface area contributed by atoms with Crippen LogP contribution in [0.3, 0.4) is 0 Å². The molecule has 7 heteroatoms. The highest BCUT2D eigenvalue weighted by Crippen LogP contribution is 2.15. The van der Waals surface area contributed by atoms with E-state index in [1.165, 1.54) is 10.7 Å². The quantitative estimate of drug-likeness (QED) is 0.593. The number of hydrogen-bond acceptors (Lipinski definition) is 3. The van der Waals surface area contributed by atoms with Crippen LogP contribution in [0.15, 0.2) is 60.9 Å². The fourth-order valence-electron chi connectivity index (χ4n) is 3.02. The molecule has 27 heavy (non-hydrogen) atoms. The first-order chi connectivity index (χ1) is 13.1. The number of aromatic nitrogens is 4. The van der Waals surface area contributed by atoms with Gasteiger partial charge in [0.1, 0.15) is 17.3 Å². The zero-order valence-electron chi connectivity index (χ0n) is 14.8. The van der Waals surface area contributed by atoms with E-state index in [-0.39, 0.29) is 17.4 Å². The lowest BCUT2D eigenvalue weighted by atomic mass is 10.3. The minimum absolute atomic E-state index is 0.253. The summed E-state index contributed by atoms with van der Waals surface area (Å²) in [5, 5.41) is 7.10. The molecule has 136 valence electrons. The molecular formula is C20H18FN5O. The Labute approximate surface area is 155 Å². The molecule has 0 fully saturated rings. The zero-order chi connectivity index (χ0) is 18.8. The second kappa shape index (κ2) is 7.03. The van der Waals surface area contributed by atoms with Crippen molar-refractivity contribution in [2.24, 2.45) is 0 Å². The van der Waals surface area contributed by atoms with Gasteiger partial charge in [-0.25, -0.2) is 14.1 Å². The van der Waals surface area contributed by atoms with Crippen molar-refractivity contribution in [2.75, 3.05) is 6.54 Å². The van der Waals surface area contributed by atoms with Gasteiger partial charge >= 0.3 is 0 Å². The van der Waals surface area contributed by atoms with Crippen molar-refractivity contribution in [3.8, 4) is 5.69 Å². The molecule has 0 saturated carbocycles. The van der Waals surface area contributed by atoms with Crippen LogP contribution >= 0.6 is 0 Å². The third kappa shape index (κ3) is 3.31. The number of fused-ring (bicyclic) bond motifs is 1. The van der Waals surface area contributed by atoms with Crippen LogP contribution in [-0.4, -0.2) is 31.6 Å². The molecule has 4 rings (SSSR count). The van der Waals surface area contributed by atoms with Gasteiger partial charge in [0, 0.05) is 24.9 Å². The number of carbonyl (C=O) groups is 1. The summed E-state index contributed by atoms with van der Waals surface area (Å²) < 4.78 is 17.4. The van der Waals surface area contributed by atoms with Crippen molar-refractivity contribution >= 4 is 11.4 Å². The number of amides is 1. The molecule has 0 spiro atoms. The lowest BCUT2D eigenvalue weighted by molar-refractivity contribution is 0.0948. The number of aryl methyl sites for hydroxylation is 1. The van der Waals surface area contributed by atoms with Crippen LogP contribution in [0.5, 0.6) is 0 Å². The van der Waals surface area contributed by atoms with Gasteiger partial charge in [-0.1, -0.05) is 18.2 Å². The summed E-state index contributed by atoms with van der Waals surface area (Å²) in [6.07, 6.45) is 4.34. The van der Waals surface area contributed by atoms with Gasteiger partial charge in [0.2, 0.25) is 0 Å². The average molecular weight is 363 g/mol. The number of carbonyl (C=O) groups excluding carboxylic acids is 1. The molecule has 0 bridgehead atoms. The Morgan fingerprint density at radius 1 is 1.19 bits per heavy atom. The van der Waals surface area contributed by atoms with Crippen molar-refractivity contribution in [3.63, 3.8) is 0 Å². The molecule has 3 aromatic heterocycles. The van der Waals surface area contributed by atoms with E-state index in [4.69, 9.17) is 0 Å². The Kier molecular flexibility index (Phi) is 4.42. The molecule has 0 aliphatic carbocycles. The number of para-hydroxylation sites is 1. The van der Waals surface area contributed by atoms with Crippen LogP contribution < -0.4 is 5.32 Å². The van der Waals surface area contributed by atoms with E-state index in [9.17, 15) is 9.18 Å². The van der Waals surface area contributed by atoms with E-state index in [0.717, 1.165) is 11.3 Å². The van der Waals surface area contributed by atoms with Gasteiger partial charge in [0.05, 0.1) is 11.7 Å². The van der Waals surface area contributed by atoms with Gasteiger partial charge in [-0.05, 0) is 37.3 Å². The third-order valence-electron chi connectivity index (χ3n) is 4.35. The summed E-state index contributed by atoms with van der Waals surface area (Å²) in [5.41, 5.74) is 2.27. The topological polar surface area (TPSA) is 64.2 Å². The van der Waals surface area contributed by atoms with E-state index < -0.39 is 0 Å². The summed E-state index contributed by atoms with van der Waals surface area (Å²) >= 11 is 0. The number of halogens is 1. The first kappa shape index (κ1) is 17.0. The zero-order valence-corrected chi connectivity index (χ0v) is 14.8. The maximum atomic E-state index is 14.0. The fraction of sp³-hybridized carbons (Fsp3) is 0.150. The smallest absolute Gasteiger partial charge is 0.271 e. The maximum Gasteiger partial charge on any atom is 0.271 e. The molecular weight excluding hydrogens is 345 g/mol. The van der Waals surface area contributed by atoms with Gasteiger partial charge in [-0.2, -0.15) is 5.10 Å². The summed E-state index contributed by atoms with van der Waals surface area (Å²) in [7, 11) is 0. The van der Waals surface area contributed by atoms with Crippen LogP contribution in [0.2, 0.25) is 0 Å². The van der Waals surface area contributed by atoms with Gasteiger partial charge < -0.3 is 9.72 Å². The Hall–Kier alpha value is -3.48. The van der Waals surface area contributed by atoms with E-state index in [1.807, 2.05) is 28.8 Å². The molecule has 1 amide bonds. The molecule has 0 radical (unpaired) electrons. The van der Waals surface area contributed by atoms with Crippen molar-refractivity contribution in [1.82, 2.24) is 24.5 Å². The molecule has 0 saturated heterocycles. The second-order valence-electron chi connectivity index (χ2n) is 6.21. The highest BCUT2D eigenvalue weighted by molar-refractivity contribution is 5.92. The number of nitrogens with one attached hydrogen (secondary N) is 1. The lowest BCUT2D eigenvalue weighted by Crippen LogP contribution is -2.26. The van der Waals surface area contributed by atoms with E-state index in [1.54, 1.807) is 37.4 Å². The van der Waals surface area contributed by atoms with Gasteiger partial charge in [0.15, 0.2) is 5.69 Å². The van der Waals surface area contributed by atoms with E-state index in [0.29, 0.717) is 24.3 Å². The predicted octanol–water partition coefficient (Wildman–Crippen LogP) is 2.94. The monoisotopic (exact) mass is 363 g/mol. The minimum Gasteiger partial charge on any atom is -0.350 e. The minimum atomic E-state index is -0.387. The SMILES string of the molecule is Cc1cc(C(=O)NCCc2ncc3ccccn23)nn1-c1ccccc1F. The number of nitrogens with zero attached hydrogens (tertiary/aromatic N) is 4. The lowest BCUT2D eigenvalue weighted by Gasteiger charge is -2.05. The van der Waals surface area contributed by atoms with Crippen LogP contribution in [0, 0.1) is 12.7 Å². The predicted molar refractivity (Wildman–Crippen MR) is 99.5 cm³/mol. The highest BCUT2D eigenvalue weighted by atomic mass is 19.1. The largest absolute Gasteiger partial charge is 0.350 e. The van der Waals surface area contributed by atoms with Gasteiger partial charge in [-0.15, -0.1) is 0 Å². The average Bonchev–Trinajstić information content (AvgIpc) is 3.26. The normalized spacial score (nSPS) is 11.0. The number of rotatable bonds is 5. The number of hydrogen-bond donors (Lipinski definition) is 1. The molecule has 0 aliphatic rings. The fourth-order valence-corrected chi connectivity index (χ4v) is 3.02. The molecule has 1 aromatic carbocycles. The Morgan fingerprint density at radius 3 is 2.85 bits per heavy atom. The molecule has 6 nitrogen and oxygen atoms in total. The summed E-state index contributed by atoms with van der Waals surface area (Å²) in [6.45, 7) is 2.21. The van der Waals surface area contributed by atoms with Crippen molar-refractivity contribution < 1.29 is 9.18 Å². The molecule has 3 heterocycles. The van der Waals surface area contributed by atoms with Crippen LogP contribution in [0.1, 0.15) is 22.0 Å². The molecule has 0 aliphatic heterocycles. The van der Waals surface area contributed by atoms with Crippen LogP contribution in [0.4, 0.5) is 4.39 Å². The van der Waals surface area contributed by atoms with Crippen molar-refractivity contribution in [3.05, 3.63) is 84.0 Å². The van der Waals surface area contributed by atoms with Gasteiger partial charge in [-0.3, -0.25) is 4.79 Å². The highest BCUT2D eigenvalue weighted by Gasteiger charge is 2.15. The summed E-state index contributed by atoms with van der Waals surface area (Å²) in [4.78, 5) is 16.8. The maximum absolute atomic E-state index is 14.0. The number of benzene rings is 1.